The van der Waals surface area contributed by atoms with E-state index in [4.69, 9.17) is 16.1 Å². The smallest absolute Gasteiger partial charge is 0.319 e. The van der Waals surface area contributed by atoms with E-state index in [1.807, 2.05) is 24.3 Å². The number of phenols is 1. The van der Waals surface area contributed by atoms with Gasteiger partial charge in [0.15, 0.2) is 5.82 Å². The maximum atomic E-state index is 16.8. The molecule has 8 rings (SSSR count). The van der Waals surface area contributed by atoms with Crippen molar-refractivity contribution in [2.24, 2.45) is 5.92 Å². The molecule has 4 saturated heterocycles. The summed E-state index contributed by atoms with van der Waals surface area (Å²) in [6.07, 6.45) is 9.52. The largest absolute Gasteiger partial charge is 0.508 e. The number of hydrogen-bond donors (Lipinski definition) is 2. The van der Waals surface area contributed by atoms with Crippen molar-refractivity contribution in [3.8, 4) is 35.2 Å². The van der Waals surface area contributed by atoms with E-state index in [1.165, 1.54) is 0 Å². The van der Waals surface area contributed by atoms with Gasteiger partial charge in [0.05, 0.1) is 5.54 Å². The van der Waals surface area contributed by atoms with Crippen LogP contribution in [0.25, 0.3) is 32.8 Å². The molecule has 7 nitrogen and oxygen atoms in total. The molecule has 44 heavy (non-hydrogen) atoms. The Kier molecular flexibility index (Phi) is 6.61. The third kappa shape index (κ3) is 4.46. The van der Waals surface area contributed by atoms with Crippen molar-refractivity contribution >= 4 is 27.5 Å². The lowest BCUT2D eigenvalue weighted by molar-refractivity contribution is 0.107. The van der Waals surface area contributed by atoms with Crippen molar-refractivity contribution < 1.29 is 18.6 Å². The van der Waals surface area contributed by atoms with Gasteiger partial charge >= 0.3 is 6.01 Å². The number of anilines is 1. The first-order valence-electron chi connectivity index (χ1n) is 15.7. The summed E-state index contributed by atoms with van der Waals surface area (Å²) in [7, 11) is 0. The summed E-state index contributed by atoms with van der Waals surface area (Å²) in [6.45, 7) is 4.12. The molecule has 5 heterocycles. The zero-order chi connectivity index (χ0) is 30.0. The SMILES string of the molecule is C#Cc1cccc2cc(O)cc(-c3ccc4c(N5C[C@H]6CCCN[C@H]6C5)nc(OC[C@@]56CCCN5C[C@H](F)C6)nc4c3F)c12. The van der Waals surface area contributed by atoms with Crippen molar-refractivity contribution in [1.82, 2.24) is 20.2 Å². The number of rotatable bonds is 5. The van der Waals surface area contributed by atoms with Gasteiger partial charge in [0.1, 0.15) is 29.9 Å². The van der Waals surface area contributed by atoms with Crippen molar-refractivity contribution in [3.05, 3.63) is 53.8 Å². The van der Waals surface area contributed by atoms with E-state index in [-0.39, 0.29) is 35.0 Å². The number of alkyl halides is 1. The lowest BCUT2D eigenvalue weighted by Gasteiger charge is -2.31. The number of phenolic OH excluding ortho intramolecular Hbond substituents is 1. The Morgan fingerprint density at radius 2 is 2.02 bits per heavy atom. The van der Waals surface area contributed by atoms with Crippen LogP contribution in [0.2, 0.25) is 0 Å². The van der Waals surface area contributed by atoms with E-state index in [9.17, 15) is 9.50 Å². The zero-order valence-corrected chi connectivity index (χ0v) is 24.5. The quantitative estimate of drug-likeness (QED) is 0.299. The minimum Gasteiger partial charge on any atom is -0.508 e. The van der Waals surface area contributed by atoms with Crippen LogP contribution in [0, 0.1) is 24.1 Å². The lowest BCUT2D eigenvalue weighted by Crippen LogP contribution is -2.43. The van der Waals surface area contributed by atoms with E-state index >= 15 is 4.39 Å². The van der Waals surface area contributed by atoms with Crippen LogP contribution in [0.3, 0.4) is 0 Å². The van der Waals surface area contributed by atoms with Crippen LogP contribution in [-0.2, 0) is 0 Å². The topological polar surface area (TPSA) is 73.8 Å². The number of piperidine rings is 1. The molecular weight excluding hydrogens is 560 g/mol. The van der Waals surface area contributed by atoms with E-state index in [2.05, 4.69) is 26.0 Å². The number of fused-ring (bicyclic) bond motifs is 4. The third-order valence-electron chi connectivity index (χ3n) is 10.3. The molecule has 0 amide bonds. The van der Waals surface area contributed by atoms with Gasteiger partial charge < -0.3 is 20.1 Å². The van der Waals surface area contributed by atoms with Crippen molar-refractivity contribution in [3.63, 3.8) is 0 Å². The fourth-order valence-electron chi connectivity index (χ4n) is 8.25. The molecule has 0 spiro atoms. The predicted molar refractivity (Wildman–Crippen MR) is 167 cm³/mol. The molecule has 4 aromatic rings. The monoisotopic (exact) mass is 595 g/mol. The molecule has 0 aliphatic carbocycles. The highest BCUT2D eigenvalue weighted by atomic mass is 19.1. The Labute approximate surface area is 255 Å². The van der Waals surface area contributed by atoms with Crippen LogP contribution in [0.4, 0.5) is 14.6 Å². The van der Waals surface area contributed by atoms with Crippen LogP contribution in [0.15, 0.2) is 42.5 Å². The fourth-order valence-corrected chi connectivity index (χ4v) is 8.25. The van der Waals surface area contributed by atoms with Gasteiger partial charge in [-0.05, 0) is 79.9 Å². The minimum atomic E-state index is -0.877. The van der Waals surface area contributed by atoms with Crippen LogP contribution in [0.5, 0.6) is 11.8 Å². The summed E-state index contributed by atoms with van der Waals surface area (Å²) in [5.74, 6) is 3.33. The normalized spacial score (nSPS) is 26.7. The first kappa shape index (κ1) is 27.5. The number of aromatic hydroxyl groups is 1. The van der Waals surface area contributed by atoms with Gasteiger partial charge in [0.25, 0.3) is 0 Å². The summed E-state index contributed by atoms with van der Waals surface area (Å²) in [5, 5.41) is 16.2. The summed E-state index contributed by atoms with van der Waals surface area (Å²) >= 11 is 0. The maximum Gasteiger partial charge on any atom is 0.319 e. The van der Waals surface area contributed by atoms with Crippen LogP contribution < -0.4 is 15.0 Å². The number of terminal acetylenes is 1. The molecule has 4 aliphatic heterocycles. The van der Waals surface area contributed by atoms with Gasteiger partial charge in [0.2, 0.25) is 0 Å². The van der Waals surface area contributed by atoms with Crippen molar-refractivity contribution in [1.29, 1.82) is 0 Å². The molecule has 0 bridgehead atoms. The third-order valence-corrected chi connectivity index (χ3v) is 10.3. The average molecular weight is 596 g/mol. The number of ether oxygens (including phenoxy) is 1. The zero-order valence-electron chi connectivity index (χ0n) is 24.5. The number of aromatic nitrogens is 2. The van der Waals surface area contributed by atoms with Crippen molar-refractivity contribution in [2.45, 2.75) is 49.9 Å². The standard InChI is InChI=1S/C35H35F2N5O2/c1-2-21-6-3-7-22-14-25(43)15-28(30(21)22)26-9-10-27-32(31(26)37)39-34(44-20-35-11-5-13-42(35)18-24(36)16-35)40-33(27)41-17-23-8-4-12-38-29(23)19-41/h1,3,6-7,9-10,14-15,23-24,29,38,43H,4-5,8,11-13,16-20H2/t23-,24-,29+,35+/m1/s1. The van der Waals surface area contributed by atoms with E-state index in [0.29, 0.717) is 52.6 Å². The van der Waals surface area contributed by atoms with Gasteiger partial charge in [-0.15, -0.1) is 6.42 Å². The predicted octanol–water partition coefficient (Wildman–Crippen LogP) is 5.42. The maximum absolute atomic E-state index is 16.8. The second-order valence-corrected chi connectivity index (χ2v) is 12.9. The molecule has 0 unspecified atom stereocenters. The Bertz CT molecular complexity index is 1810. The Morgan fingerprint density at radius 1 is 1.11 bits per heavy atom. The number of hydrogen-bond acceptors (Lipinski definition) is 7. The van der Waals surface area contributed by atoms with Gasteiger partial charge in [0, 0.05) is 54.0 Å². The van der Waals surface area contributed by atoms with Crippen molar-refractivity contribution in [2.75, 3.05) is 44.2 Å². The molecular formula is C35H35F2N5O2. The molecule has 0 saturated carbocycles. The molecule has 226 valence electrons. The summed E-state index contributed by atoms with van der Waals surface area (Å²) in [5.41, 5.74) is 1.16. The number of nitrogens with one attached hydrogen (secondary N) is 1. The Balaban J connectivity index is 1.26. The second kappa shape index (κ2) is 10.6. The van der Waals surface area contributed by atoms with E-state index in [0.717, 1.165) is 57.2 Å². The molecule has 3 aromatic carbocycles. The molecule has 4 aliphatic rings. The summed E-state index contributed by atoms with van der Waals surface area (Å²) in [4.78, 5) is 13.9. The molecule has 4 fully saturated rings. The molecule has 0 radical (unpaired) electrons. The Morgan fingerprint density at radius 3 is 2.89 bits per heavy atom. The Hall–Kier alpha value is -4.00. The van der Waals surface area contributed by atoms with E-state index in [1.54, 1.807) is 18.2 Å². The summed E-state index contributed by atoms with van der Waals surface area (Å²) < 4.78 is 37.6. The molecule has 2 N–H and O–H groups in total. The first-order chi connectivity index (χ1) is 21.4. The molecule has 4 atom stereocenters. The minimum absolute atomic E-state index is 0.0174. The van der Waals surface area contributed by atoms with Gasteiger partial charge in [-0.2, -0.15) is 9.97 Å². The lowest BCUT2D eigenvalue weighted by atomic mass is 9.93. The van der Waals surface area contributed by atoms with Crippen LogP contribution in [-0.4, -0.2) is 77.1 Å². The van der Waals surface area contributed by atoms with Gasteiger partial charge in [-0.25, -0.2) is 8.78 Å². The van der Waals surface area contributed by atoms with Crippen LogP contribution in [0.1, 0.15) is 37.7 Å². The van der Waals surface area contributed by atoms with Gasteiger partial charge in [-0.1, -0.05) is 24.1 Å². The first-order valence-corrected chi connectivity index (χ1v) is 15.7. The van der Waals surface area contributed by atoms with Gasteiger partial charge in [-0.3, -0.25) is 4.90 Å². The molecule has 1 aromatic heterocycles. The molecule has 9 heteroatoms. The fraction of sp³-hybridized carbons (Fsp3) is 0.429. The highest BCUT2D eigenvalue weighted by molar-refractivity contribution is 6.04. The average Bonchev–Trinajstić information content (AvgIpc) is 3.71. The van der Waals surface area contributed by atoms with E-state index < -0.39 is 12.0 Å². The summed E-state index contributed by atoms with van der Waals surface area (Å²) in [6, 6.07) is 12.7. The van der Waals surface area contributed by atoms with Crippen LogP contribution >= 0.6 is 0 Å². The number of benzene rings is 3. The number of nitrogens with zero attached hydrogens (tertiary/aromatic N) is 4. The highest BCUT2D eigenvalue weighted by Gasteiger charge is 2.49. The second-order valence-electron chi connectivity index (χ2n) is 12.9. The highest BCUT2D eigenvalue weighted by Crippen LogP contribution is 2.42. The number of halogens is 2.